The van der Waals surface area contributed by atoms with E-state index >= 15 is 0 Å². The molecule has 4 amide bonds. The molecule has 1 aliphatic carbocycles. The van der Waals surface area contributed by atoms with Crippen molar-refractivity contribution < 1.29 is 23.9 Å². The summed E-state index contributed by atoms with van der Waals surface area (Å²) in [6.45, 7) is 4.43. The summed E-state index contributed by atoms with van der Waals surface area (Å²) < 4.78 is 5.06. The molecule has 1 saturated carbocycles. The summed E-state index contributed by atoms with van der Waals surface area (Å²) in [5, 5.41) is 2.67. The third-order valence-electron chi connectivity index (χ3n) is 5.16. The van der Waals surface area contributed by atoms with Gasteiger partial charge in [-0.05, 0) is 51.7 Å². The molecule has 1 saturated heterocycles. The minimum Gasteiger partial charge on any atom is -0.454 e. The number of imide groups is 1. The number of carbonyl (C=O) groups excluding carboxylic acids is 4. The van der Waals surface area contributed by atoms with E-state index in [0.717, 1.165) is 17.7 Å². The summed E-state index contributed by atoms with van der Waals surface area (Å²) >= 11 is 0. The number of ether oxygens (including phenoxy) is 1. The van der Waals surface area contributed by atoms with Crippen molar-refractivity contribution in [3.05, 3.63) is 30.3 Å². The number of amides is 4. The van der Waals surface area contributed by atoms with Crippen LogP contribution in [0.5, 0.6) is 0 Å². The van der Waals surface area contributed by atoms with Crippen LogP contribution in [0.25, 0.3) is 0 Å². The summed E-state index contributed by atoms with van der Waals surface area (Å²) in [7, 11) is 0. The fraction of sp³-hybridized carbons (Fsp3) is 0.500. The molecule has 2 aliphatic rings. The fourth-order valence-electron chi connectivity index (χ4n) is 3.50. The van der Waals surface area contributed by atoms with Gasteiger partial charge in [0.05, 0.1) is 0 Å². The van der Waals surface area contributed by atoms with Gasteiger partial charge < -0.3 is 15.0 Å². The Kier molecular flexibility index (Phi) is 5.40. The Balaban J connectivity index is 1.57. The zero-order valence-electron chi connectivity index (χ0n) is 16.3. The van der Waals surface area contributed by atoms with Crippen molar-refractivity contribution in [3.8, 4) is 0 Å². The first kappa shape index (κ1) is 19.9. The molecule has 0 bridgehead atoms. The van der Waals surface area contributed by atoms with E-state index in [0.29, 0.717) is 5.69 Å². The standard InChI is InChI=1S/C20H25N3O5/c1-13(2)23(15-7-5-4-6-8-15)16(24)12-28-17(25)11-22-18(26)20(3,14-9-10-14)21-19(22)27/h4-8,13-14H,9-12H2,1-3H3,(H,21,27)/t20-/m1/s1. The first-order valence-electron chi connectivity index (χ1n) is 9.41. The Morgan fingerprint density at radius 1 is 1.25 bits per heavy atom. The quantitative estimate of drug-likeness (QED) is 0.567. The van der Waals surface area contributed by atoms with Gasteiger partial charge in [-0.2, -0.15) is 0 Å². The Bertz CT molecular complexity index is 790. The molecule has 0 unspecified atom stereocenters. The van der Waals surface area contributed by atoms with Crippen LogP contribution in [0, 0.1) is 5.92 Å². The second kappa shape index (κ2) is 7.61. The highest BCUT2D eigenvalue weighted by Crippen LogP contribution is 2.42. The number of para-hydroxylation sites is 1. The molecular weight excluding hydrogens is 362 g/mol. The molecule has 1 aromatic carbocycles. The fourth-order valence-corrected chi connectivity index (χ4v) is 3.50. The predicted octanol–water partition coefficient (Wildman–Crippen LogP) is 1.69. The number of hydrogen-bond acceptors (Lipinski definition) is 5. The van der Waals surface area contributed by atoms with Gasteiger partial charge in [-0.3, -0.25) is 19.3 Å². The molecule has 1 aliphatic heterocycles. The van der Waals surface area contributed by atoms with Crippen LogP contribution in [-0.2, 0) is 19.1 Å². The first-order valence-corrected chi connectivity index (χ1v) is 9.41. The lowest BCUT2D eigenvalue weighted by Crippen LogP contribution is -2.46. The van der Waals surface area contributed by atoms with Gasteiger partial charge in [0.2, 0.25) is 0 Å². The van der Waals surface area contributed by atoms with E-state index in [2.05, 4.69) is 5.32 Å². The van der Waals surface area contributed by atoms with Gasteiger partial charge in [-0.1, -0.05) is 18.2 Å². The molecule has 8 heteroatoms. The van der Waals surface area contributed by atoms with Gasteiger partial charge in [0.25, 0.3) is 11.8 Å². The van der Waals surface area contributed by atoms with Crippen molar-refractivity contribution in [3.63, 3.8) is 0 Å². The summed E-state index contributed by atoms with van der Waals surface area (Å²) in [4.78, 5) is 51.7. The highest BCUT2D eigenvalue weighted by Gasteiger charge is 2.56. The molecule has 1 N–H and O–H groups in total. The van der Waals surface area contributed by atoms with Crippen LogP contribution < -0.4 is 10.2 Å². The van der Waals surface area contributed by atoms with E-state index in [4.69, 9.17) is 4.74 Å². The normalized spacial score (nSPS) is 21.6. The zero-order chi connectivity index (χ0) is 20.5. The maximum Gasteiger partial charge on any atom is 0.326 e. The van der Waals surface area contributed by atoms with Crippen LogP contribution >= 0.6 is 0 Å². The maximum absolute atomic E-state index is 12.5. The first-order chi connectivity index (χ1) is 13.2. The van der Waals surface area contributed by atoms with Crippen LogP contribution in [0.15, 0.2) is 30.3 Å². The van der Waals surface area contributed by atoms with Crippen LogP contribution in [0.4, 0.5) is 10.5 Å². The van der Waals surface area contributed by atoms with Crippen LogP contribution in [0.3, 0.4) is 0 Å². The van der Waals surface area contributed by atoms with Gasteiger partial charge >= 0.3 is 12.0 Å². The number of nitrogens with zero attached hydrogens (tertiary/aromatic N) is 2. The summed E-state index contributed by atoms with van der Waals surface area (Å²) in [5.41, 5.74) is -0.248. The molecule has 1 aromatic rings. The number of esters is 1. The molecule has 28 heavy (non-hydrogen) atoms. The summed E-state index contributed by atoms with van der Waals surface area (Å²) in [6.07, 6.45) is 1.75. The average molecular weight is 387 g/mol. The number of urea groups is 1. The van der Waals surface area contributed by atoms with Crippen molar-refractivity contribution in [1.82, 2.24) is 10.2 Å². The van der Waals surface area contributed by atoms with Crippen LogP contribution in [0.2, 0.25) is 0 Å². The lowest BCUT2D eigenvalue weighted by atomic mass is 9.96. The van der Waals surface area contributed by atoms with E-state index in [9.17, 15) is 19.2 Å². The monoisotopic (exact) mass is 387 g/mol. The predicted molar refractivity (Wildman–Crippen MR) is 101 cm³/mol. The minimum atomic E-state index is -0.949. The molecule has 0 spiro atoms. The van der Waals surface area contributed by atoms with Crippen molar-refractivity contribution in [2.45, 2.75) is 45.2 Å². The molecule has 3 rings (SSSR count). The van der Waals surface area contributed by atoms with E-state index in [1.807, 2.05) is 32.0 Å². The number of hydrogen-bond donors (Lipinski definition) is 1. The average Bonchev–Trinajstić information content (AvgIpc) is 3.47. The highest BCUT2D eigenvalue weighted by molar-refractivity contribution is 6.09. The number of rotatable bonds is 7. The number of nitrogens with one attached hydrogen (secondary N) is 1. The summed E-state index contributed by atoms with van der Waals surface area (Å²) in [5.74, 6) is -1.49. The Morgan fingerprint density at radius 2 is 1.89 bits per heavy atom. The van der Waals surface area contributed by atoms with Crippen molar-refractivity contribution in [2.24, 2.45) is 5.92 Å². The lowest BCUT2D eigenvalue weighted by Gasteiger charge is -2.26. The zero-order valence-corrected chi connectivity index (χ0v) is 16.3. The number of carbonyl (C=O) groups is 4. The van der Waals surface area contributed by atoms with Crippen molar-refractivity contribution in [2.75, 3.05) is 18.1 Å². The molecule has 0 radical (unpaired) electrons. The Hall–Kier alpha value is -2.90. The number of anilines is 1. The molecule has 1 heterocycles. The second-order valence-electron chi connectivity index (χ2n) is 7.65. The van der Waals surface area contributed by atoms with Crippen LogP contribution in [-0.4, -0.2) is 53.4 Å². The Morgan fingerprint density at radius 3 is 2.46 bits per heavy atom. The molecule has 1 atom stereocenters. The second-order valence-corrected chi connectivity index (χ2v) is 7.65. The van der Waals surface area contributed by atoms with Crippen molar-refractivity contribution >= 4 is 29.5 Å². The maximum atomic E-state index is 12.5. The topological polar surface area (TPSA) is 96.0 Å². The molecule has 2 fully saturated rings. The smallest absolute Gasteiger partial charge is 0.326 e. The van der Waals surface area contributed by atoms with Gasteiger partial charge in [-0.25, -0.2) is 4.79 Å². The number of benzene rings is 1. The van der Waals surface area contributed by atoms with Gasteiger partial charge in [0, 0.05) is 11.7 Å². The molecule has 0 aromatic heterocycles. The molecule has 150 valence electrons. The largest absolute Gasteiger partial charge is 0.454 e. The summed E-state index contributed by atoms with van der Waals surface area (Å²) in [6, 6.07) is 8.35. The third kappa shape index (κ3) is 3.85. The van der Waals surface area contributed by atoms with Crippen LogP contribution in [0.1, 0.15) is 33.6 Å². The van der Waals surface area contributed by atoms with E-state index in [1.165, 1.54) is 4.90 Å². The molecular formula is C20H25N3O5. The lowest BCUT2D eigenvalue weighted by molar-refractivity contribution is -0.150. The van der Waals surface area contributed by atoms with E-state index in [1.54, 1.807) is 19.1 Å². The third-order valence-corrected chi connectivity index (χ3v) is 5.16. The minimum absolute atomic E-state index is 0.108. The Labute approximate surface area is 163 Å². The van der Waals surface area contributed by atoms with Gasteiger partial charge in [0.15, 0.2) is 6.61 Å². The van der Waals surface area contributed by atoms with Gasteiger partial charge in [-0.15, -0.1) is 0 Å². The SMILES string of the molecule is CC(C)N(C(=O)COC(=O)CN1C(=O)N[C@](C)(C2CC2)C1=O)c1ccccc1. The molecule has 8 nitrogen and oxygen atoms in total. The van der Waals surface area contributed by atoms with Crippen molar-refractivity contribution in [1.29, 1.82) is 0 Å². The van der Waals surface area contributed by atoms with Gasteiger partial charge in [0.1, 0.15) is 12.1 Å². The van der Waals surface area contributed by atoms with E-state index < -0.39 is 36.6 Å². The van der Waals surface area contributed by atoms with E-state index in [-0.39, 0.29) is 17.9 Å². The highest BCUT2D eigenvalue weighted by atomic mass is 16.5.